The van der Waals surface area contributed by atoms with Crippen molar-refractivity contribution in [2.45, 2.75) is 19.8 Å². The Morgan fingerprint density at radius 2 is 1.80 bits per heavy atom. The molecule has 4 aromatic rings. The van der Waals surface area contributed by atoms with Gasteiger partial charge in [-0.05, 0) is 65.1 Å². The molecule has 0 saturated carbocycles. The number of fused-ring (bicyclic) bond motifs is 1. The minimum Gasteiger partial charge on any atom is -0.494 e. The molecule has 3 aromatic carbocycles. The number of aromatic nitrogens is 2. The van der Waals surface area contributed by atoms with E-state index in [9.17, 15) is 0 Å². The van der Waals surface area contributed by atoms with E-state index in [1.165, 1.54) is 6.07 Å². The summed E-state index contributed by atoms with van der Waals surface area (Å²) in [5, 5.41) is 17.2. The van der Waals surface area contributed by atoms with Crippen LogP contribution in [0.1, 0.15) is 36.5 Å². The van der Waals surface area contributed by atoms with Crippen LogP contribution in [0.25, 0.3) is 22.0 Å². The molecule has 182 valence electrons. The molecule has 1 heterocycles. The van der Waals surface area contributed by atoms with Gasteiger partial charge in [-0.2, -0.15) is 5.10 Å². The van der Waals surface area contributed by atoms with Crippen LogP contribution in [0.2, 0.25) is 5.02 Å². The first-order valence-corrected chi connectivity index (χ1v) is 12.0. The molecule has 7 heteroatoms. The number of ether oxygens (including phenoxy) is 2. The lowest BCUT2D eigenvalue weighted by molar-refractivity contribution is 0.0836. The SMILES string of the molecule is CC/C(=C(/c1ccc(OCCCOCCO)cc1)c1ccc2[nH]ncc2c1)c1ccc(Cl)cc1F. The molecular weight excluding hydrogens is 467 g/mol. The number of rotatable bonds is 11. The lowest BCUT2D eigenvalue weighted by Crippen LogP contribution is -2.05. The van der Waals surface area contributed by atoms with Crippen LogP contribution in [0.5, 0.6) is 5.75 Å². The second kappa shape index (κ2) is 12.0. The molecule has 2 N–H and O–H groups in total. The van der Waals surface area contributed by atoms with Crippen LogP contribution in [0.3, 0.4) is 0 Å². The number of aliphatic hydroxyl groups excluding tert-OH is 1. The van der Waals surface area contributed by atoms with Crippen molar-refractivity contribution < 1.29 is 19.0 Å². The van der Waals surface area contributed by atoms with Crippen LogP contribution in [-0.4, -0.2) is 41.7 Å². The summed E-state index contributed by atoms with van der Waals surface area (Å²) in [6.45, 7) is 3.43. The molecule has 1 aromatic heterocycles. The number of H-pyrrole nitrogens is 1. The van der Waals surface area contributed by atoms with Crippen molar-refractivity contribution in [1.29, 1.82) is 0 Å². The standard InChI is InChI=1S/C28H28ClFN2O3/c1-2-24(25-10-7-22(29)17-26(25)30)28(20-6-11-27-21(16-20)18-31-32-27)19-4-8-23(9-5-19)35-14-3-13-34-15-12-33/h4-11,16-18,33H,2-3,12-15H2,1H3,(H,31,32)/b28-24+. The maximum Gasteiger partial charge on any atom is 0.132 e. The number of aromatic amines is 1. The summed E-state index contributed by atoms with van der Waals surface area (Å²) in [6, 6.07) is 18.7. The highest BCUT2D eigenvalue weighted by Gasteiger charge is 2.17. The van der Waals surface area contributed by atoms with E-state index in [1.54, 1.807) is 18.3 Å². The molecule has 0 fully saturated rings. The van der Waals surface area contributed by atoms with Gasteiger partial charge in [0, 0.05) is 29.0 Å². The molecule has 0 radical (unpaired) electrons. The normalized spacial score (nSPS) is 12.1. The molecular formula is C28H28ClFN2O3. The van der Waals surface area contributed by atoms with E-state index in [4.69, 9.17) is 26.2 Å². The molecule has 0 atom stereocenters. The largest absolute Gasteiger partial charge is 0.494 e. The minimum atomic E-state index is -0.348. The minimum absolute atomic E-state index is 0.0192. The lowest BCUT2D eigenvalue weighted by atomic mass is 9.87. The van der Waals surface area contributed by atoms with E-state index >= 15 is 4.39 Å². The van der Waals surface area contributed by atoms with Crippen molar-refractivity contribution in [3.63, 3.8) is 0 Å². The Hall–Kier alpha value is -3.19. The van der Waals surface area contributed by atoms with Crippen LogP contribution in [0.15, 0.2) is 66.9 Å². The first-order chi connectivity index (χ1) is 17.1. The Kier molecular flexibility index (Phi) is 8.53. The predicted octanol–water partition coefficient (Wildman–Crippen LogP) is 6.50. The lowest BCUT2D eigenvalue weighted by Gasteiger charge is -2.17. The van der Waals surface area contributed by atoms with Gasteiger partial charge in [0.2, 0.25) is 0 Å². The molecule has 0 saturated heterocycles. The Bertz CT molecular complexity index is 1300. The Balaban J connectivity index is 1.70. The summed E-state index contributed by atoms with van der Waals surface area (Å²) < 4.78 is 26.1. The highest BCUT2D eigenvalue weighted by atomic mass is 35.5. The second-order valence-electron chi connectivity index (χ2n) is 8.07. The van der Waals surface area contributed by atoms with E-state index in [2.05, 4.69) is 16.3 Å². The molecule has 35 heavy (non-hydrogen) atoms. The third-order valence-corrected chi connectivity index (χ3v) is 5.96. The van der Waals surface area contributed by atoms with Crippen molar-refractivity contribution in [2.24, 2.45) is 0 Å². The van der Waals surface area contributed by atoms with Gasteiger partial charge in [-0.25, -0.2) is 4.39 Å². The highest BCUT2D eigenvalue weighted by molar-refractivity contribution is 6.30. The van der Waals surface area contributed by atoms with Crippen molar-refractivity contribution in [3.05, 3.63) is 94.4 Å². The number of nitrogens with zero attached hydrogens (tertiary/aromatic N) is 1. The van der Waals surface area contributed by atoms with Crippen molar-refractivity contribution in [3.8, 4) is 5.75 Å². The van der Waals surface area contributed by atoms with E-state index < -0.39 is 0 Å². The number of allylic oxidation sites excluding steroid dienone is 1. The van der Waals surface area contributed by atoms with Crippen LogP contribution >= 0.6 is 11.6 Å². The van der Waals surface area contributed by atoms with Crippen LogP contribution in [-0.2, 0) is 4.74 Å². The van der Waals surface area contributed by atoms with E-state index in [-0.39, 0.29) is 12.4 Å². The van der Waals surface area contributed by atoms with Crippen LogP contribution in [0.4, 0.5) is 4.39 Å². The third-order valence-electron chi connectivity index (χ3n) is 5.72. The van der Waals surface area contributed by atoms with Crippen LogP contribution < -0.4 is 4.74 Å². The Morgan fingerprint density at radius 1 is 1.00 bits per heavy atom. The molecule has 0 amide bonds. The summed E-state index contributed by atoms with van der Waals surface area (Å²) >= 11 is 6.03. The van der Waals surface area contributed by atoms with Gasteiger partial charge in [0.25, 0.3) is 0 Å². The quantitative estimate of drug-likeness (QED) is 0.184. The van der Waals surface area contributed by atoms with Crippen LogP contribution in [0, 0.1) is 5.82 Å². The number of hydrogen-bond acceptors (Lipinski definition) is 4. The maximum absolute atomic E-state index is 15.0. The van der Waals surface area contributed by atoms with Gasteiger partial charge in [0.15, 0.2) is 0 Å². The third kappa shape index (κ3) is 6.09. The summed E-state index contributed by atoms with van der Waals surface area (Å²) in [5.74, 6) is 0.399. The average molecular weight is 495 g/mol. The van der Waals surface area contributed by atoms with Gasteiger partial charge in [-0.15, -0.1) is 0 Å². The number of halogens is 2. The molecule has 4 rings (SSSR count). The zero-order valence-corrected chi connectivity index (χ0v) is 20.3. The zero-order valence-electron chi connectivity index (χ0n) is 19.6. The van der Waals surface area contributed by atoms with Gasteiger partial charge in [-0.1, -0.05) is 42.8 Å². The van der Waals surface area contributed by atoms with Gasteiger partial charge in [0.1, 0.15) is 11.6 Å². The first-order valence-electron chi connectivity index (χ1n) is 11.6. The van der Waals surface area contributed by atoms with E-state index in [1.807, 2.05) is 43.3 Å². The number of benzene rings is 3. The number of nitrogens with one attached hydrogen (secondary N) is 1. The maximum atomic E-state index is 15.0. The molecule has 0 aliphatic rings. The molecule has 0 aliphatic carbocycles. The topological polar surface area (TPSA) is 67.4 Å². The molecule has 0 unspecified atom stereocenters. The fourth-order valence-electron chi connectivity index (χ4n) is 4.08. The monoisotopic (exact) mass is 494 g/mol. The summed E-state index contributed by atoms with van der Waals surface area (Å²) in [4.78, 5) is 0. The molecule has 0 aliphatic heterocycles. The summed E-state index contributed by atoms with van der Waals surface area (Å²) in [7, 11) is 0. The van der Waals surface area contributed by atoms with Gasteiger partial charge in [-0.3, -0.25) is 5.10 Å². The van der Waals surface area contributed by atoms with E-state index in [0.29, 0.717) is 36.8 Å². The second-order valence-corrected chi connectivity index (χ2v) is 8.50. The average Bonchev–Trinajstić information content (AvgIpc) is 3.34. The van der Waals surface area contributed by atoms with Gasteiger partial charge < -0.3 is 14.6 Å². The summed E-state index contributed by atoms with van der Waals surface area (Å²) in [5.41, 5.74) is 5.23. The highest BCUT2D eigenvalue weighted by Crippen LogP contribution is 2.37. The Labute approximate surface area is 209 Å². The first kappa shape index (κ1) is 24.9. The fourth-order valence-corrected chi connectivity index (χ4v) is 4.24. The zero-order chi connectivity index (χ0) is 24.6. The number of hydrogen-bond donors (Lipinski definition) is 2. The smallest absolute Gasteiger partial charge is 0.132 e. The van der Waals surface area contributed by atoms with Gasteiger partial charge in [0.05, 0.1) is 31.5 Å². The fraction of sp³-hybridized carbons (Fsp3) is 0.250. The van der Waals surface area contributed by atoms with Crippen molar-refractivity contribution in [1.82, 2.24) is 10.2 Å². The van der Waals surface area contributed by atoms with Crippen molar-refractivity contribution in [2.75, 3.05) is 26.4 Å². The number of aliphatic hydroxyl groups is 1. The Morgan fingerprint density at radius 3 is 2.54 bits per heavy atom. The van der Waals surface area contributed by atoms with Gasteiger partial charge >= 0.3 is 0 Å². The predicted molar refractivity (Wildman–Crippen MR) is 138 cm³/mol. The summed E-state index contributed by atoms with van der Waals surface area (Å²) in [6.07, 6.45) is 3.14. The molecule has 0 spiro atoms. The van der Waals surface area contributed by atoms with Crippen molar-refractivity contribution >= 4 is 33.7 Å². The molecule has 5 nitrogen and oxygen atoms in total. The molecule has 0 bridgehead atoms. The van der Waals surface area contributed by atoms with E-state index in [0.717, 1.165) is 45.3 Å².